The average molecular weight is 352 g/mol. The highest BCUT2D eigenvalue weighted by atomic mass is 19.4. The van der Waals surface area contributed by atoms with Crippen LogP contribution in [0.2, 0.25) is 0 Å². The first-order chi connectivity index (χ1) is 11.7. The van der Waals surface area contributed by atoms with Gasteiger partial charge in [0, 0.05) is 23.4 Å². The molecule has 1 aromatic carbocycles. The van der Waals surface area contributed by atoms with Crippen LogP contribution in [0.15, 0.2) is 42.6 Å². The second-order valence-corrected chi connectivity index (χ2v) is 5.90. The van der Waals surface area contributed by atoms with Crippen molar-refractivity contribution >= 4 is 5.91 Å². The van der Waals surface area contributed by atoms with Crippen molar-refractivity contribution in [3.63, 3.8) is 0 Å². The van der Waals surface area contributed by atoms with E-state index in [4.69, 9.17) is 4.74 Å². The van der Waals surface area contributed by atoms with Crippen molar-refractivity contribution in [1.82, 2.24) is 10.3 Å². The minimum atomic E-state index is -4.49. The van der Waals surface area contributed by atoms with Gasteiger partial charge in [-0.1, -0.05) is 26.0 Å². The lowest BCUT2D eigenvalue weighted by Crippen LogP contribution is -2.48. The fraction of sp³-hybridized carbons (Fsp3) is 0.333. The van der Waals surface area contributed by atoms with Gasteiger partial charge in [-0.25, -0.2) is 4.98 Å². The van der Waals surface area contributed by atoms with Gasteiger partial charge in [-0.15, -0.1) is 0 Å². The molecule has 1 atom stereocenters. The number of amides is 1. The van der Waals surface area contributed by atoms with Gasteiger partial charge in [-0.05, 0) is 29.7 Å². The van der Waals surface area contributed by atoms with Crippen LogP contribution in [0.25, 0.3) is 11.1 Å². The molecule has 0 saturated carbocycles. The Kier molecular flexibility index (Phi) is 5.66. The van der Waals surface area contributed by atoms with Gasteiger partial charge in [0.05, 0.1) is 7.11 Å². The number of hydrogen-bond donors (Lipinski definition) is 1. The molecule has 0 spiro atoms. The molecule has 0 aliphatic rings. The number of carbonyl (C=O) groups is 1. The SMILES string of the molecule is COc1ccc(-c2ccc(C(=O)N[C@H](C(C)C)C(F)(F)F)cc2)cn1. The molecule has 0 radical (unpaired) electrons. The predicted octanol–water partition coefficient (Wildman–Crippen LogP) is 4.07. The first-order valence-corrected chi connectivity index (χ1v) is 7.70. The lowest BCUT2D eigenvalue weighted by atomic mass is 10.0. The Hall–Kier alpha value is -2.57. The monoisotopic (exact) mass is 352 g/mol. The van der Waals surface area contributed by atoms with Crippen molar-refractivity contribution < 1.29 is 22.7 Å². The van der Waals surface area contributed by atoms with Crippen molar-refractivity contribution in [2.75, 3.05) is 7.11 Å². The Balaban J connectivity index is 2.14. The smallest absolute Gasteiger partial charge is 0.408 e. The zero-order valence-corrected chi connectivity index (χ0v) is 14.1. The van der Waals surface area contributed by atoms with Crippen LogP contribution in [0.1, 0.15) is 24.2 Å². The van der Waals surface area contributed by atoms with Crippen molar-refractivity contribution in [1.29, 1.82) is 0 Å². The fourth-order valence-electron chi connectivity index (χ4n) is 2.34. The van der Waals surface area contributed by atoms with E-state index in [9.17, 15) is 18.0 Å². The number of aromatic nitrogens is 1. The molecule has 0 aliphatic heterocycles. The lowest BCUT2D eigenvalue weighted by Gasteiger charge is -2.24. The minimum absolute atomic E-state index is 0.167. The molecule has 0 aliphatic carbocycles. The van der Waals surface area contributed by atoms with Crippen LogP contribution in [0.3, 0.4) is 0 Å². The molecule has 2 aromatic rings. The number of pyridine rings is 1. The molecule has 2 rings (SSSR count). The van der Waals surface area contributed by atoms with Gasteiger partial charge in [0.2, 0.25) is 5.88 Å². The Morgan fingerprint density at radius 3 is 2.12 bits per heavy atom. The topological polar surface area (TPSA) is 51.2 Å². The van der Waals surface area contributed by atoms with E-state index in [0.717, 1.165) is 11.1 Å². The normalized spacial score (nSPS) is 12.8. The molecule has 1 N–H and O–H groups in total. The molecular formula is C18H19F3N2O2. The largest absolute Gasteiger partial charge is 0.481 e. The van der Waals surface area contributed by atoms with Gasteiger partial charge < -0.3 is 10.1 Å². The third-order valence-electron chi connectivity index (χ3n) is 3.73. The van der Waals surface area contributed by atoms with Crippen molar-refractivity contribution in [3.8, 4) is 17.0 Å². The van der Waals surface area contributed by atoms with Gasteiger partial charge in [0.25, 0.3) is 5.91 Å². The van der Waals surface area contributed by atoms with Crippen molar-refractivity contribution in [3.05, 3.63) is 48.2 Å². The summed E-state index contributed by atoms with van der Waals surface area (Å²) in [7, 11) is 1.51. The number of benzene rings is 1. The predicted molar refractivity (Wildman–Crippen MR) is 88.4 cm³/mol. The fourth-order valence-corrected chi connectivity index (χ4v) is 2.34. The van der Waals surface area contributed by atoms with E-state index in [-0.39, 0.29) is 5.56 Å². The van der Waals surface area contributed by atoms with E-state index in [1.807, 2.05) is 0 Å². The number of nitrogens with zero attached hydrogens (tertiary/aromatic N) is 1. The van der Waals surface area contributed by atoms with Crippen LogP contribution < -0.4 is 10.1 Å². The molecule has 1 amide bonds. The molecule has 0 fully saturated rings. The molecule has 1 aromatic heterocycles. The number of rotatable bonds is 5. The van der Waals surface area contributed by atoms with Crippen LogP contribution >= 0.6 is 0 Å². The van der Waals surface area contributed by atoms with Crippen LogP contribution in [0.5, 0.6) is 5.88 Å². The highest BCUT2D eigenvalue weighted by molar-refractivity contribution is 5.95. The second-order valence-electron chi connectivity index (χ2n) is 5.90. The Labute approximate surface area is 144 Å². The summed E-state index contributed by atoms with van der Waals surface area (Å²) >= 11 is 0. The van der Waals surface area contributed by atoms with Crippen LogP contribution in [0, 0.1) is 5.92 Å². The molecule has 4 nitrogen and oxygen atoms in total. The quantitative estimate of drug-likeness (QED) is 0.882. The first-order valence-electron chi connectivity index (χ1n) is 7.70. The van der Waals surface area contributed by atoms with Gasteiger partial charge in [0.15, 0.2) is 0 Å². The van der Waals surface area contributed by atoms with E-state index in [0.29, 0.717) is 5.88 Å². The van der Waals surface area contributed by atoms with Gasteiger partial charge >= 0.3 is 6.18 Å². The lowest BCUT2D eigenvalue weighted by molar-refractivity contribution is -0.162. The van der Waals surface area contributed by atoms with Crippen LogP contribution in [-0.2, 0) is 0 Å². The summed E-state index contributed by atoms with van der Waals surface area (Å²) in [6.07, 6.45) is -2.87. The highest BCUT2D eigenvalue weighted by Gasteiger charge is 2.42. The summed E-state index contributed by atoms with van der Waals surface area (Å²) in [5.74, 6) is -1.03. The maximum atomic E-state index is 13.0. The molecule has 1 heterocycles. The summed E-state index contributed by atoms with van der Waals surface area (Å²) in [5.41, 5.74) is 1.77. The molecule has 0 saturated heterocycles. The molecule has 0 unspecified atom stereocenters. The number of carbonyl (C=O) groups excluding carboxylic acids is 1. The van der Waals surface area contributed by atoms with E-state index >= 15 is 0 Å². The first kappa shape index (κ1) is 18.8. The Morgan fingerprint density at radius 1 is 1.08 bits per heavy atom. The zero-order valence-electron chi connectivity index (χ0n) is 14.1. The molecule has 25 heavy (non-hydrogen) atoms. The molecule has 0 bridgehead atoms. The number of halogens is 3. The standard InChI is InChI=1S/C18H19F3N2O2/c1-11(2)16(18(19,20)21)23-17(24)13-6-4-12(5-7-13)14-8-9-15(25-3)22-10-14/h4-11,16H,1-3H3,(H,23,24)/t16-/m1/s1. The van der Waals surface area contributed by atoms with Gasteiger partial charge in [-0.3, -0.25) is 4.79 Å². The van der Waals surface area contributed by atoms with E-state index < -0.39 is 24.0 Å². The highest BCUT2D eigenvalue weighted by Crippen LogP contribution is 2.26. The Morgan fingerprint density at radius 2 is 1.68 bits per heavy atom. The summed E-state index contributed by atoms with van der Waals surface area (Å²) in [4.78, 5) is 16.2. The van der Waals surface area contributed by atoms with E-state index in [1.165, 1.54) is 33.1 Å². The van der Waals surface area contributed by atoms with E-state index in [2.05, 4.69) is 10.3 Å². The molecule has 134 valence electrons. The van der Waals surface area contributed by atoms with Gasteiger partial charge in [0.1, 0.15) is 6.04 Å². The molecular weight excluding hydrogens is 333 g/mol. The number of alkyl halides is 3. The summed E-state index contributed by atoms with van der Waals surface area (Å²) in [6.45, 7) is 2.83. The minimum Gasteiger partial charge on any atom is -0.481 e. The maximum absolute atomic E-state index is 13.0. The Bertz CT molecular complexity index is 711. The maximum Gasteiger partial charge on any atom is 0.408 e. The third kappa shape index (κ3) is 4.71. The summed E-state index contributed by atoms with van der Waals surface area (Å²) in [5, 5.41) is 2.05. The number of ether oxygens (including phenoxy) is 1. The van der Waals surface area contributed by atoms with Gasteiger partial charge in [-0.2, -0.15) is 13.2 Å². The summed E-state index contributed by atoms with van der Waals surface area (Å²) < 4.78 is 43.9. The molecule has 7 heteroatoms. The number of nitrogens with one attached hydrogen (secondary N) is 1. The van der Waals surface area contributed by atoms with Crippen LogP contribution in [-0.4, -0.2) is 30.2 Å². The average Bonchev–Trinajstić information content (AvgIpc) is 2.58. The third-order valence-corrected chi connectivity index (χ3v) is 3.73. The number of methoxy groups -OCH3 is 1. The summed E-state index contributed by atoms with van der Waals surface area (Å²) in [6, 6.07) is 7.93. The zero-order chi connectivity index (χ0) is 18.6. The van der Waals surface area contributed by atoms with Crippen molar-refractivity contribution in [2.24, 2.45) is 5.92 Å². The van der Waals surface area contributed by atoms with Crippen LogP contribution in [0.4, 0.5) is 13.2 Å². The van der Waals surface area contributed by atoms with Crippen molar-refractivity contribution in [2.45, 2.75) is 26.1 Å². The number of hydrogen-bond acceptors (Lipinski definition) is 3. The second kappa shape index (κ2) is 7.55. The van der Waals surface area contributed by atoms with E-state index in [1.54, 1.807) is 30.5 Å².